The van der Waals surface area contributed by atoms with E-state index < -0.39 is 0 Å². The molecule has 0 aliphatic rings. The highest BCUT2D eigenvalue weighted by Crippen LogP contribution is 2.16. The van der Waals surface area contributed by atoms with E-state index in [0.29, 0.717) is 12.2 Å². The summed E-state index contributed by atoms with van der Waals surface area (Å²) < 4.78 is 12.8. The largest absolute Gasteiger partial charge is 0.370 e. The van der Waals surface area contributed by atoms with Crippen molar-refractivity contribution in [3.05, 3.63) is 59.7 Å². The Hall–Kier alpha value is -2.41. The van der Waals surface area contributed by atoms with Crippen LogP contribution in [0.25, 0.3) is 0 Å². The second-order valence-corrected chi connectivity index (χ2v) is 3.96. The van der Waals surface area contributed by atoms with Gasteiger partial charge in [-0.05, 0) is 30.3 Å². The Bertz CT molecular complexity index is 572. The number of anilines is 1. The summed E-state index contributed by atoms with van der Waals surface area (Å²) >= 11 is 0. The van der Waals surface area contributed by atoms with Crippen LogP contribution in [0.4, 0.5) is 10.1 Å². The van der Waals surface area contributed by atoms with Crippen LogP contribution in [-0.4, -0.2) is 12.0 Å². The van der Waals surface area contributed by atoms with Gasteiger partial charge in [0.1, 0.15) is 17.6 Å². The number of nitrogens with zero attached hydrogens (tertiary/aromatic N) is 3. The molecule has 90 valence electrons. The van der Waals surface area contributed by atoms with Crippen LogP contribution in [0.2, 0.25) is 0 Å². The number of benzene rings is 1. The number of hydrogen-bond donors (Lipinski definition) is 0. The van der Waals surface area contributed by atoms with Crippen LogP contribution in [0.5, 0.6) is 0 Å². The van der Waals surface area contributed by atoms with Crippen molar-refractivity contribution in [2.45, 2.75) is 6.54 Å². The van der Waals surface area contributed by atoms with Gasteiger partial charge < -0.3 is 4.90 Å². The van der Waals surface area contributed by atoms with Crippen LogP contribution >= 0.6 is 0 Å². The van der Waals surface area contributed by atoms with Crippen LogP contribution < -0.4 is 4.90 Å². The topological polar surface area (TPSA) is 39.9 Å². The number of pyridine rings is 1. The lowest BCUT2D eigenvalue weighted by atomic mass is 10.2. The van der Waals surface area contributed by atoms with Gasteiger partial charge in [-0.1, -0.05) is 6.07 Å². The molecular formula is C14H12FN3. The molecule has 0 spiro atoms. The van der Waals surface area contributed by atoms with E-state index in [0.717, 1.165) is 11.3 Å². The Morgan fingerprint density at radius 1 is 1.28 bits per heavy atom. The highest BCUT2D eigenvalue weighted by molar-refractivity contribution is 5.47. The average Bonchev–Trinajstić information content (AvgIpc) is 2.40. The van der Waals surface area contributed by atoms with Gasteiger partial charge in [0.05, 0.1) is 0 Å². The van der Waals surface area contributed by atoms with E-state index in [4.69, 9.17) is 5.26 Å². The van der Waals surface area contributed by atoms with Crippen LogP contribution in [0.3, 0.4) is 0 Å². The van der Waals surface area contributed by atoms with Crippen molar-refractivity contribution in [2.75, 3.05) is 11.9 Å². The molecule has 0 unspecified atom stereocenters. The third-order valence-corrected chi connectivity index (χ3v) is 2.67. The van der Waals surface area contributed by atoms with Crippen molar-refractivity contribution in [1.29, 1.82) is 5.26 Å². The quantitative estimate of drug-likeness (QED) is 0.829. The molecule has 0 atom stereocenters. The van der Waals surface area contributed by atoms with Gasteiger partial charge in [-0.2, -0.15) is 5.26 Å². The summed E-state index contributed by atoms with van der Waals surface area (Å²) in [4.78, 5) is 5.95. The third kappa shape index (κ3) is 2.64. The monoisotopic (exact) mass is 241 g/mol. The average molecular weight is 241 g/mol. The number of aromatic nitrogens is 1. The predicted molar refractivity (Wildman–Crippen MR) is 67.5 cm³/mol. The van der Waals surface area contributed by atoms with Gasteiger partial charge in [-0.25, -0.2) is 9.37 Å². The van der Waals surface area contributed by atoms with Crippen LogP contribution in [0.1, 0.15) is 11.3 Å². The van der Waals surface area contributed by atoms with Crippen molar-refractivity contribution in [3.63, 3.8) is 0 Å². The predicted octanol–water partition coefficient (Wildman–Crippen LogP) is 2.73. The molecule has 3 nitrogen and oxygen atoms in total. The Kier molecular flexibility index (Phi) is 3.54. The molecule has 0 fully saturated rings. The fourth-order valence-electron chi connectivity index (χ4n) is 1.71. The molecule has 0 N–H and O–H groups in total. The summed E-state index contributed by atoms with van der Waals surface area (Å²) in [5.41, 5.74) is 2.17. The highest BCUT2D eigenvalue weighted by Gasteiger charge is 2.06. The zero-order valence-electron chi connectivity index (χ0n) is 9.97. The van der Waals surface area contributed by atoms with Crippen molar-refractivity contribution in [2.24, 2.45) is 0 Å². The first-order chi connectivity index (χ1) is 8.70. The lowest BCUT2D eigenvalue weighted by Crippen LogP contribution is -2.17. The molecule has 0 bridgehead atoms. The molecule has 0 saturated carbocycles. The smallest absolute Gasteiger partial charge is 0.145 e. The van der Waals surface area contributed by atoms with Crippen LogP contribution in [-0.2, 0) is 6.54 Å². The Morgan fingerprint density at radius 3 is 2.67 bits per heavy atom. The second kappa shape index (κ2) is 5.28. The molecule has 1 aromatic heterocycles. The number of halogens is 1. The van der Waals surface area contributed by atoms with Gasteiger partial charge in [0.2, 0.25) is 0 Å². The molecule has 0 amide bonds. The first kappa shape index (κ1) is 12.1. The summed E-state index contributed by atoms with van der Waals surface area (Å²) in [6.45, 7) is 0.558. The van der Waals surface area contributed by atoms with Crippen molar-refractivity contribution in [3.8, 4) is 6.07 Å². The third-order valence-electron chi connectivity index (χ3n) is 2.67. The van der Waals surface area contributed by atoms with Crippen LogP contribution in [0, 0.1) is 17.1 Å². The normalized spacial score (nSPS) is 9.83. The van der Waals surface area contributed by atoms with Gasteiger partial charge in [-0.15, -0.1) is 0 Å². The standard InChI is InChI=1S/C14H12FN3/c1-18(13-6-4-12(15)5-7-13)10-11-3-2-8-17-14(11)9-16/h2-8H,10H2,1H3. The van der Waals surface area contributed by atoms with Crippen LogP contribution in [0.15, 0.2) is 42.6 Å². The van der Waals surface area contributed by atoms with E-state index in [1.807, 2.05) is 18.0 Å². The SMILES string of the molecule is CN(Cc1cccnc1C#N)c1ccc(F)cc1. The van der Waals surface area contributed by atoms with Gasteiger partial charge in [0.15, 0.2) is 0 Å². The molecule has 18 heavy (non-hydrogen) atoms. The molecule has 1 aromatic carbocycles. The lowest BCUT2D eigenvalue weighted by molar-refractivity contribution is 0.627. The van der Waals surface area contributed by atoms with Crippen molar-refractivity contribution >= 4 is 5.69 Å². The maximum Gasteiger partial charge on any atom is 0.145 e. The van der Waals surface area contributed by atoms with E-state index in [1.54, 1.807) is 24.4 Å². The number of rotatable bonds is 3. The van der Waals surface area contributed by atoms with Gasteiger partial charge in [-0.3, -0.25) is 0 Å². The summed E-state index contributed by atoms with van der Waals surface area (Å²) in [6.07, 6.45) is 1.60. The summed E-state index contributed by atoms with van der Waals surface area (Å²) in [7, 11) is 1.89. The fraction of sp³-hybridized carbons (Fsp3) is 0.143. The molecule has 1 heterocycles. The molecule has 2 aromatic rings. The minimum Gasteiger partial charge on any atom is -0.370 e. The molecular weight excluding hydrogens is 229 g/mol. The van der Waals surface area contributed by atoms with E-state index in [1.165, 1.54) is 12.1 Å². The maximum absolute atomic E-state index is 12.8. The molecule has 0 aliphatic heterocycles. The summed E-state index contributed by atoms with van der Waals surface area (Å²) in [5, 5.41) is 8.96. The fourth-order valence-corrected chi connectivity index (χ4v) is 1.71. The van der Waals surface area contributed by atoms with E-state index in [2.05, 4.69) is 11.1 Å². The first-order valence-electron chi connectivity index (χ1n) is 5.51. The van der Waals surface area contributed by atoms with E-state index in [9.17, 15) is 4.39 Å². The molecule has 0 saturated heterocycles. The minimum atomic E-state index is -0.258. The molecule has 0 aliphatic carbocycles. The number of hydrogen-bond acceptors (Lipinski definition) is 3. The number of nitriles is 1. The first-order valence-corrected chi connectivity index (χ1v) is 5.51. The van der Waals surface area contributed by atoms with Gasteiger partial charge >= 0.3 is 0 Å². The molecule has 4 heteroatoms. The maximum atomic E-state index is 12.8. The summed E-state index contributed by atoms with van der Waals surface area (Å²) in [6, 6.07) is 12.0. The Balaban J connectivity index is 2.19. The lowest BCUT2D eigenvalue weighted by Gasteiger charge is -2.19. The zero-order chi connectivity index (χ0) is 13.0. The Morgan fingerprint density at radius 2 is 2.00 bits per heavy atom. The van der Waals surface area contributed by atoms with E-state index >= 15 is 0 Å². The second-order valence-electron chi connectivity index (χ2n) is 3.96. The highest BCUT2D eigenvalue weighted by atomic mass is 19.1. The van der Waals surface area contributed by atoms with Gasteiger partial charge in [0.25, 0.3) is 0 Å². The van der Waals surface area contributed by atoms with Gasteiger partial charge in [0, 0.05) is 31.0 Å². The van der Waals surface area contributed by atoms with Crippen molar-refractivity contribution in [1.82, 2.24) is 4.98 Å². The zero-order valence-corrected chi connectivity index (χ0v) is 9.97. The molecule has 0 radical (unpaired) electrons. The summed E-state index contributed by atoms with van der Waals surface area (Å²) in [5.74, 6) is -0.258. The molecule has 2 rings (SSSR count). The van der Waals surface area contributed by atoms with Crippen molar-refractivity contribution < 1.29 is 4.39 Å². The minimum absolute atomic E-state index is 0.258. The Labute approximate surface area is 105 Å². The van der Waals surface area contributed by atoms with E-state index in [-0.39, 0.29) is 5.82 Å².